The first-order chi connectivity index (χ1) is 6.02. The van der Waals surface area contributed by atoms with Crippen LogP contribution in [0.25, 0.3) is 0 Å². The Hall–Kier alpha value is -0.180. The van der Waals surface area contributed by atoms with Gasteiger partial charge in [0.05, 0.1) is 0 Å². The number of hydrogen-bond acceptors (Lipinski definition) is 1. The van der Waals surface area contributed by atoms with Gasteiger partial charge in [-0.15, -0.1) is 0 Å². The van der Waals surface area contributed by atoms with Gasteiger partial charge >= 0.3 is 5.92 Å². The van der Waals surface area contributed by atoms with Gasteiger partial charge in [0.25, 0.3) is 5.24 Å². The van der Waals surface area contributed by atoms with Crippen LogP contribution in [0.2, 0.25) is 0 Å². The second-order valence-electron chi connectivity index (χ2n) is 3.69. The zero-order chi connectivity index (χ0) is 9.90. The molecule has 0 aromatic rings. The molecule has 1 rings (SSSR count). The van der Waals surface area contributed by atoms with Crippen molar-refractivity contribution in [2.45, 2.75) is 44.4 Å². The van der Waals surface area contributed by atoms with E-state index < -0.39 is 11.2 Å². The summed E-state index contributed by atoms with van der Waals surface area (Å²) in [7, 11) is 0. The van der Waals surface area contributed by atoms with E-state index in [0.29, 0.717) is 0 Å². The molecule has 1 aliphatic carbocycles. The van der Waals surface area contributed by atoms with E-state index in [0.717, 1.165) is 32.1 Å². The highest BCUT2D eigenvalue weighted by Crippen LogP contribution is 2.34. The van der Waals surface area contributed by atoms with Crippen LogP contribution in [0.1, 0.15) is 38.5 Å². The average Bonchev–Trinajstić information content (AvgIpc) is 2.05. The summed E-state index contributed by atoms with van der Waals surface area (Å²) >= 11 is 4.80. The number of halogens is 3. The smallest absolute Gasteiger partial charge is 0.274 e. The third-order valence-electron chi connectivity index (χ3n) is 2.56. The highest BCUT2D eigenvalue weighted by molar-refractivity contribution is 6.65. The van der Waals surface area contributed by atoms with Gasteiger partial charge in [0.2, 0.25) is 0 Å². The van der Waals surface area contributed by atoms with E-state index in [9.17, 15) is 13.6 Å². The van der Waals surface area contributed by atoms with Gasteiger partial charge in [0.15, 0.2) is 0 Å². The predicted octanol–water partition coefficient (Wildman–Crippen LogP) is 3.36. The van der Waals surface area contributed by atoms with Gasteiger partial charge in [0, 0.05) is 6.42 Å². The lowest BCUT2D eigenvalue weighted by Gasteiger charge is -2.24. The molecule has 0 saturated heterocycles. The molecule has 0 N–H and O–H groups in total. The molecule has 0 aromatic heterocycles. The first-order valence-corrected chi connectivity index (χ1v) is 4.98. The molecule has 4 heteroatoms. The lowest BCUT2D eigenvalue weighted by molar-refractivity contribution is -0.136. The number of rotatable bonds is 3. The molecular weight excluding hydrogens is 198 g/mol. The lowest BCUT2D eigenvalue weighted by atomic mass is 9.85. The number of alkyl halides is 2. The second kappa shape index (κ2) is 4.36. The zero-order valence-electron chi connectivity index (χ0n) is 7.36. The minimum Gasteiger partial charge on any atom is -0.274 e. The van der Waals surface area contributed by atoms with Gasteiger partial charge in [0.1, 0.15) is 0 Å². The van der Waals surface area contributed by atoms with Crippen molar-refractivity contribution in [1.82, 2.24) is 0 Å². The molecule has 0 aliphatic heterocycles. The lowest BCUT2D eigenvalue weighted by Crippen LogP contribution is -2.28. The van der Waals surface area contributed by atoms with E-state index in [1.165, 1.54) is 0 Å². The van der Waals surface area contributed by atoms with Gasteiger partial charge in [-0.1, -0.05) is 32.1 Å². The fourth-order valence-electron chi connectivity index (χ4n) is 1.83. The quantitative estimate of drug-likeness (QED) is 0.653. The van der Waals surface area contributed by atoms with Crippen LogP contribution in [-0.2, 0) is 4.79 Å². The van der Waals surface area contributed by atoms with E-state index in [4.69, 9.17) is 11.6 Å². The fraction of sp³-hybridized carbons (Fsp3) is 0.889. The molecule has 13 heavy (non-hydrogen) atoms. The van der Waals surface area contributed by atoms with Crippen molar-refractivity contribution in [2.24, 2.45) is 5.92 Å². The fourth-order valence-corrected chi connectivity index (χ4v) is 1.91. The first-order valence-electron chi connectivity index (χ1n) is 4.60. The van der Waals surface area contributed by atoms with Crippen molar-refractivity contribution in [2.75, 3.05) is 0 Å². The monoisotopic (exact) mass is 210 g/mol. The molecule has 0 amide bonds. The molecule has 0 bridgehead atoms. The Balaban J connectivity index is 2.41. The molecule has 76 valence electrons. The zero-order valence-corrected chi connectivity index (χ0v) is 8.12. The minimum atomic E-state index is -3.32. The van der Waals surface area contributed by atoms with Crippen LogP contribution in [0.4, 0.5) is 8.78 Å². The van der Waals surface area contributed by atoms with Crippen molar-refractivity contribution in [1.29, 1.82) is 0 Å². The molecule has 1 fully saturated rings. The molecular formula is C9H13ClF2O. The second-order valence-corrected chi connectivity index (χ2v) is 4.03. The van der Waals surface area contributed by atoms with Crippen LogP contribution in [0, 0.1) is 5.92 Å². The summed E-state index contributed by atoms with van der Waals surface area (Å²) in [4.78, 5) is 10.4. The molecule has 0 atom stereocenters. The van der Waals surface area contributed by atoms with E-state index in [2.05, 4.69) is 0 Å². The third kappa shape index (κ3) is 3.22. The Morgan fingerprint density at radius 1 is 1.31 bits per heavy atom. The summed E-state index contributed by atoms with van der Waals surface area (Å²) in [6, 6.07) is 0. The molecule has 1 saturated carbocycles. The largest absolute Gasteiger partial charge is 0.320 e. The van der Waals surface area contributed by atoms with Crippen molar-refractivity contribution >= 4 is 16.8 Å². The highest BCUT2D eigenvalue weighted by atomic mass is 35.5. The number of carbonyl (C=O) groups excluding carboxylic acids is 1. The Morgan fingerprint density at radius 2 is 1.85 bits per heavy atom. The molecule has 0 aromatic carbocycles. The van der Waals surface area contributed by atoms with Crippen LogP contribution in [0.5, 0.6) is 0 Å². The van der Waals surface area contributed by atoms with Crippen molar-refractivity contribution in [3.8, 4) is 0 Å². The van der Waals surface area contributed by atoms with Crippen LogP contribution < -0.4 is 0 Å². The van der Waals surface area contributed by atoms with Crippen molar-refractivity contribution < 1.29 is 13.6 Å². The maximum atomic E-state index is 12.8. The van der Waals surface area contributed by atoms with Crippen LogP contribution in [0.3, 0.4) is 0 Å². The van der Waals surface area contributed by atoms with Gasteiger partial charge in [-0.3, -0.25) is 4.79 Å². The SMILES string of the molecule is O=C(Cl)C(F)(F)CC1CCCCC1. The van der Waals surface area contributed by atoms with Crippen LogP contribution >= 0.6 is 11.6 Å². The van der Waals surface area contributed by atoms with E-state index in [1.54, 1.807) is 0 Å². The summed E-state index contributed by atoms with van der Waals surface area (Å²) < 4.78 is 25.7. The van der Waals surface area contributed by atoms with Gasteiger partial charge < -0.3 is 0 Å². The summed E-state index contributed by atoms with van der Waals surface area (Å²) in [6.07, 6.45) is 4.36. The highest BCUT2D eigenvalue weighted by Gasteiger charge is 2.39. The summed E-state index contributed by atoms with van der Waals surface area (Å²) in [5.74, 6) is -3.34. The molecule has 0 spiro atoms. The maximum absolute atomic E-state index is 12.8. The Labute approximate surface area is 81.4 Å². The van der Waals surface area contributed by atoms with E-state index in [1.807, 2.05) is 0 Å². The predicted molar refractivity (Wildman–Crippen MR) is 47.0 cm³/mol. The molecule has 0 radical (unpaired) electrons. The van der Waals surface area contributed by atoms with Crippen LogP contribution in [-0.4, -0.2) is 11.2 Å². The standard InChI is InChI=1S/C9H13ClF2O/c10-8(13)9(11,12)6-7-4-2-1-3-5-7/h7H,1-6H2. The Bertz CT molecular complexity index is 188. The van der Waals surface area contributed by atoms with Gasteiger partial charge in [-0.2, -0.15) is 8.78 Å². The maximum Gasteiger partial charge on any atom is 0.320 e. The third-order valence-corrected chi connectivity index (χ3v) is 2.83. The molecule has 0 unspecified atom stereocenters. The first kappa shape index (κ1) is 10.9. The molecule has 1 nitrogen and oxygen atoms in total. The summed E-state index contributed by atoms with van der Waals surface area (Å²) in [6.45, 7) is 0. The normalized spacial score (nSPS) is 20.2. The van der Waals surface area contributed by atoms with Crippen molar-refractivity contribution in [3.63, 3.8) is 0 Å². The Morgan fingerprint density at radius 3 is 2.31 bits per heavy atom. The molecule has 0 heterocycles. The number of hydrogen-bond donors (Lipinski definition) is 0. The summed E-state index contributed by atoms with van der Waals surface area (Å²) in [5.41, 5.74) is 0. The number of carbonyl (C=O) groups is 1. The Kier molecular flexibility index (Phi) is 3.65. The van der Waals surface area contributed by atoms with Gasteiger partial charge in [-0.05, 0) is 17.5 Å². The van der Waals surface area contributed by atoms with Crippen molar-refractivity contribution in [3.05, 3.63) is 0 Å². The summed E-state index contributed by atoms with van der Waals surface area (Å²) in [5, 5.41) is -1.52. The average molecular weight is 211 g/mol. The van der Waals surface area contributed by atoms with E-state index >= 15 is 0 Å². The minimum absolute atomic E-state index is 0.0218. The van der Waals surface area contributed by atoms with Crippen LogP contribution in [0.15, 0.2) is 0 Å². The topological polar surface area (TPSA) is 17.1 Å². The molecule has 1 aliphatic rings. The van der Waals surface area contributed by atoms with E-state index in [-0.39, 0.29) is 12.3 Å². The van der Waals surface area contributed by atoms with Gasteiger partial charge in [-0.25, -0.2) is 0 Å².